The second-order valence-electron chi connectivity index (χ2n) is 3.79. The Morgan fingerprint density at radius 2 is 2.40 bits per heavy atom. The summed E-state index contributed by atoms with van der Waals surface area (Å²) in [7, 11) is 1.62. The molecule has 88 valence electrons. The highest BCUT2D eigenvalue weighted by Crippen LogP contribution is 2.18. The SMILES string of the molecule is COCCN(CC(=O)O)C1CCOC1C. The van der Waals surface area contributed by atoms with Crippen LogP contribution in [0.2, 0.25) is 0 Å². The van der Waals surface area contributed by atoms with E-state index in [4.69, 9.17) is 14.6 Å². The molecule has 0 aromatic heterocycles. The van der Waals surface area contributed by atoms with E-state index in [1.807, 2.05) is 11.8 Å². The number of ether oxygens (including phenoxy) is 2. The van der Waals surface area contributed by atoms with Gasteiger partial charge in [0.15, 0.2) is 0 Å². The summed E-state index contributed by atoms with van der Waals surface area (Å²) in [6.07, 6.45) is 1.01. The highest BCUT2D eigenvalue weighted by Gasteiger charge is 2.30. The minimum absolute atomic E-state index is 0.0573. The van der Waals surface area contributed by atoms with Crippen molar-refractivity contribution in [2.75, 3.05) is 33.4 Å². The largest absolute Gasteiger partial charge is 0.480 e. The van der Waals surface area contributed by atoms with Crippen molar-refractivity contribution in [3.63, 3.8) is 0 Å². The number of hydrogen-bond donors (Lipinski definition) is 1. The first-order valence-corrected chi connectivity index (χ1v) is 5.21. The standard InChI is InChI=1S/C10H19NO4/c1-8-9(3-5-15-8)11(4-6-14-2)7-10(12)13/h8-9H,3-7H2,1-2H3,(H,12,13). The average molecular weight is 217 g/mol. The van der Waals surface area contributed by atoms with Gasteiger partial charge in [-0.2, -0.15) is 0 Å². The Balaban J connectivity index is 2.49. The Bertz CT molecular complexity index is 210. The zero-order chi connectivity index (χ0) is 11.3. The highest BCUT2D eigenvalue weighted by atomic mass is 16.5. The zero-order valence-electron chi connectivity index (χ0n) is 9.31. The van der Waals surface area contributed by atoms with Gasteiger partial charge in [-0.05, 0) is 13.3 Å². The van der Waals surface area contributed by atoms with E-state index >= 15 is 0 Å². The molecule has 1 saturated heterocycles. The summed E-state index contributed by atoms with van der Waals surface area (Å²) >= 11 is 0. The van der Waals surface area contributed by atoms with Crippen LogP contribution in [0.1, 0.15) is 13.3 Å². The third-order valence-corrected chi connectivity index (χ3v) is 2.73. The smallest absolute Gasteiger partial charge is 0.317 e. The van der Waals surface area contributed by atoms with E-state index in [2.05, 4.69) is 0 Å². The van der Waals surface area contributed by atoms with Crippen molar-refractivity contribution < 1.29 is 19.4 Å². The summed E-state index contributed by atoms with van der Waals surface area (Å²) in [6, 6.07) is 0.205. The van der Waals surface area contributed by atoms with Crippen molar-refractivity contribution in [1.82, 2.24) is 4.90 Å². The van der Waals surface area contributed by atoms with E-state index in [0.29, 0.717) is 13.2 Å². The molecule has 0 aliphatic carbocycles. The lowest BCUT2D eigenvalue weighted by molar-refractivity contribution is -0.139. The number of rotatable bonds is 6. The minimum Gasteiger partial charge on any atom is -0.480 e. The van der Waals surface area contributed by atoms with Crippen LogP contribution in [-0.2, 0) is 14.3 Å². The quantitative estimate of drug-likeness (QED) is 0.688. The van der Waals surface area contributed by atoms with Crippen molar-refractivity contribution in [1.29, 1.82) is 0 Å². The summed E-state index contributed by atoms with van der Waals surface area (Å²) in [4.78, 5) is 12.6. The van der Waals surface area contributed by atoms with Crippen molar-refractivity contribution in [3.05, 3.63) is 0 Å². The van der Waals surface area contributed by atoms with Gasteiger partial charge >= 0.3 is 5.97 Å². The highest BCUT2D eigenvalue weighted by molar-refractivity contribution is 5.69. The van der Waals surface area contributed by atoms with Gasteiger partial charge < -0.3 is 14.6 Å². The van der Waals surface area contributed by atoms with E-state index in [1.165, 1.54) is 0 Å². The molecule has 15 heavy (non-hydrogen) atoms. The van der Waals surface area contributed by atoms with E-state index in [-0.39, 0.29) is 18.7 Å². The molecular weight excluding hydrogens is 198 g/mol. The van der Waals surface area contributed by atoms with Crippen LogP contribution in [0.4, 0.5) is 0 Å². The third-order valence-electron chi connectivity index (χ3n) is 2.73. The number of methoxy groups -OCH3 is 1. The van der Waals surface area contributed by atoms with Gasteiger partial charge in [0.05, 0.1) is 19.3 Å². The lowest BCUT2D eigenvalue weighted by atomic mass is 10.1. The van der Waals surface area contributed by atoms with E-state index in [1.54, 1.807) is 7.11 Å². The fourth-order valence-corrected chi connectivity index (χ4v) is 1.94. The van der Waals surface area contributed by atoms with Gasteiger partial charge in [-0.1, -0.05) is 0 Å². The Kier molecular flexibility index (Phi) is 5.01. The minimum atomic E-state index is -0.801. The molecule has 0 spiro atoms. The molecule has 2 unspecified atom stereocenters. The Labute approximate surface area is 90.0 Å². The van der Waals surface area contributed by atoms with Crippen molar-refractivity contribution in [2.24, 2.45) is 0 Å². The number of aliphatic carboxylic acids is 1. The molecule has 0 bridgehead atoms. The summed E-state index contributed by atoms with van der Waals surface area (Å²) in [5, 5.41) is 8.81. The van der Waals surface area contributed by atoms with Crippen LogP contribution < -0.4 is 0 Å². The molecule has 1 heterocycles. The average Bonchev–Trinajstić information content (AvgIpc) is 2.58. The molecule has 0 aromatic carbocycles. The van der Waals surface area contributed by atoms with E-state index < -0.39 is 5.97 Å². The predicted octanol–water partition coefficient (Wildman–Crippen LogP) is 0.197. The molecule has 0 saturated carbocycles. The zero-order valence-corrected chi connectivity index (χ0v) is 9.31. The lowest BCUT2D eigenvalue weighted by Gasteiger charge is -2.28. The Hall–Kier alpha value is -0.650. The van der Waals surface area contributed by atoms with Gasteiger partial charge in [-0.15, -0.1) is 0 Å². The summed E-state index contributed by atoms with van der Waals surface area (Å²) in [5.74, 6) is -0.801. The Morgan fingerprint density at radius 1 is 1.67 bits per heavy atom. The van der Waals surface area contributed by atoms with Crippen LogP contribution in [0.3, 0.4) is 0 Å². The van der Waals surface area contributed by atoms with E-state index in [0.717, 1.165) is 13.0 Å². The first kappa shape index (κ1) is 12.4. The first-order valence-electron chi connectivity index (χ1n) is 5.21. The number of carbonyl (C=O) groups is 1. The van der Waals surface area contributed by atoms with Crippen LogP contribution in [-0.4, -0.2) is 61.5 Å². The maximum atomic E-state index is 10.7. The molecule has 5 heteroatoms. The fraction of sp³-hybridized carbons (Fsp3) is 0.900. The number of hydrogen-bond acceptors (Lipinski definition) is 4. The summed E-state index contributed by atoms with van der Waals surface area (Å²) in [5.41, 5.74) is 0. The van der Waals surface area contributed by atoms with Crippen molar-refractivity contribution in [2.45, 2.75) is 25.5 Å². The van der Waals surface area contributed by atoms with Crippen LogP contribution in [0.25, 0.3) is 0 Å². The molecule has 1 N–H and O–H groups in total. The van der Waals surface area contributed by atoms with Gasteiger partial charge in [0, 0.05) is 26.3 Å². The predicted molar refractivity (Wildman–Crippen MR) is 54.9 cm³/mol. The topological polar surface area (TPSA) is 59.0 Å². The molecule has 2 atom stereocenters. The van der Waals surface area contributed by atoms with Gasteiger partial charge in [-0.3, -0.25) is 9.69 Å². The number of carboxylic acids is 1. The van der Waals surface area contributed by atoms with Crippen LogP contribution in [0, 0.1) is 0 Å². The molecule has 0 amide bonds. The van der Waals surface area contributed by atoms with Gasteiger partial charge in [0.2, 0.25) is 0 Å². The fourth-order valence-electron chi connectivity index (χ4n) is 1.94. The monoisotopic (exact) mass is 217 g/mol. The Morgan fingerprint density at radius 3 is 2.87 bits per heavy atom. The molecule has 0 radical (unpaired) electrons. The second-order valence-corrected chi connectivity index (χ2v) is 3.79. The lowest BCUT2D eigenvalue weighted by Crippen LogP contribution is -2.44. The van der Waals surface area contributed by atoms with E-state index in [9.17, 15) is 4.79 Å². The molecule has 5 nitrogen and oxygen atoms in total. The van der Waals surface area contributed by atoms with Crippen LogP contribution in [0.15, 0.2) is 0 Å². The maximum Gasteiger partial charge on any atom is 0.317 e. The molecule has 1 aliphatic rings. The third kappa shape index (κ3) is 3.77. The van der Waals surface area contributed by atoms with Gasteiger partial charge in [0.1, 0.15) is 0 Å². The van der Waals surface area contributed by atoms with Gasteiger partial charge in [0.25, 0.3) is 0 Å². The summed E-state index contributed by atoms with van der Waals surface area (Å²) in [6.45, 7) is 3.95. The van der Waals surface area contributed by atoms with Crippen molar-refractivity contribution in [3.8, 4) is 0 Å². The molecule has 1 aliphatic heterocycles. The van der Waals surface area contributed by atoms with Crippen LogP contribution >= 0.6 is 0 Å². The maximum absolute atomic E-state index is 10.7. The summed E-state index contributed by atoms with van der Waals surface area (Å²) < 4.78 is 10.4. The first-order chi connectivity index (χ1) is 7.15. The van der Waals surface area contributed by atoms with Crippen LogP contribution in [0.5, 0.6) is 0 Å². The molecule has 0 aromatic rings. The second kappa shape index (κ2) is 6.05. The molecular formula is C10H19NO4. The number of nitrogens with zero attached hydrogens (tertiary/aromatic N) is 1. The molecule has 1 fully saturated rings. The number of carboxylic acid groups (broad SMARTS) is 1. The van der Waals surface area contributed by atoms with Crippen molar-refractivity contribution >= 4 is 5.97 Å². The molecule has 1 rings (SSSR count). The normalized spacial score (nSPS) is 26.1. The van der Waals surface area contributed by atoms with Gasteiger partial charge in [-0.25, -0.2) is 0 Å².